The maximum absolute atomic E-state index is 12.5. The van der Waals surface area contributed by atoms with Crippen LogP contribution in [0.15, 0.2) is 0 Å². The van der Waals surface area contributed by atoms with Gasteiger partial charge in [-0.05, 0) is 55.3 Å². The summed E-state index contributed by atoms with van der Waals surface area (Å²) in [5.74, 6) is 5.56. The summed E-state index contributed by atoms with van der Waals surface area (Å²) < 4.78 is 0. The van der Waals surface area contributed by atoms with Crippen molar-refractivity contribution in [3.05, 3.63) is 0 Å². The SMILES string of the molecule is O=C(C1C2C3CCC(C3)C12)N1CCC(CCl)C1. The summed E-state index contributed by atoms with van der Waals surface area (Å²) in [6, 6.07) is 0. The number of amides is 1. The second-order valence-corrected chi connectivity index (χ2v) is 6.92. The molecule has 0 aromatic rings. The van der Waals surface area contributed by atoms with Gasteiger partial charge >= 0.3 is 0 Å². The van der Waals surface area contributed by atoms with Crippen LogP contribution in [0.25, 0.3) is 0 Å². The van der Waals surface area contributed by atoms with Gasteiger partial charge in [0.1, 0.15) is 0 Å². The average Bonchev–Trinajstić information content (AvgIpc) is 2.79. The van der Waals surface area contributed by atoms with Gasteiger partial charge in [-0.15, -0.1) is 11.6 Å². The van der Waals surface area contributed by atoms with Crippen LogP contribution >= 0.6 is 11.6 Å². The van der Waals surface area contributed by atoms with Gasteiger partial charge in [-0.2, -0.15) is 0 Å². The molecule has 5 unspecified atom stereocenters. The van der Waals surface area contributed by atoms with Gasteiger partial charge in [-0.25, -0.2) is 0 Å². The van der Waals surface area contributed by atoms with Gasteiger partial charge in [0.25, 0.3) is 0 Å². The minimum absolute atomic E-state index is 0.426. The van der Waals surface area contributed by atoms with E-state index in [2.05, 4.69) is 4.90 Å². The van der Waals surface area contributed by atoms with Crippen molar-refractivity contribution in [2.24, 2.45) is 35.5 Å². The number of carbonyl (C=O) groups is 1. The molecule has 1 saturated heterocycles. The van der Waals surface area contributed by atoms with E-state index in [9.17, 15) is 4.79 Å². The third kappa shape index (κ3) is 1.43. The lowest BCUT2D eigenvalue weighted by atomic mass is 10.0. The molecule has 4 aliphatic rings. The molecule has 3 saturated carbocycles. The Balaban J connectivity index is 1.43. The van der Waals surface area contributed by atoms with Crippen LogP contribution in [0.1, 0.15) is 25.7 Å². The molecule has 3 aliphatic carbocycles. The van der Waals surface area contributed by atoms with Gasteiger partial charge in [-0.1, -0.05) is 0 Å². The Morgan fingerprint density at radius 2 is 1.88 bits per heavy atom. The Morgan fingerprint density at radius 1 is 1.18 bits per heavy atom. The lowest BCUT2D eigenvalue weighted by Crippen LogP contribution is -2.32. The standard InChI is InChI=1S/C14H20ClNO/c15-6-8-3-4-16(7-8)14(17)13-11-9-1-2-10(5-9)12(11)13/h8-13H,1-7H2. The monoisotopic (exact) mass is 253 g/mol. The predicted octanol–water partition coefficient (Wildman–Crippen LogP) is 2.37. The molecule has 0 aromatic heterocycles. The van der Waals surface area contributed by atoms with Crippen molar-refractivity contribution in [2.75, 3.05) is 19.0 Å². The van der Waals surface area contributed by atoms with E-state index in [0.29, 0.717) is 23.6 Å². The molecule has 0 radical (unpaired) electrons. The minimum Gasteiger partial charge on any atom is -0.342 e. The first-order valence-corrected chi connectivity index (χ1v) is 7.68. The topological polar surface area (TPSA) is 20.3 Å². The number of nitrogens with zero attached hydrogens (tertiary/aromatic N) is 1. The molecule has 0 spiro atoms. The predicted molar refractivity (Wildman–Crippen MR) is 66.7 cm³/mol. The van der Waals surface area contributed by atoms with E-state index in [1.807, 2.05) is 0 Å². The molecule has 1 heterocycles. The zero-order valence-corrected chi connectivity index (χ0v) is 10.9. The summed E-state index contributed by atoms with van der Waals surface area (Å²) in [7, 11) is 0. The largest absolute Gasteiger partial charge is 0.342 e. The van der Waals surface area contributed by atoms with Gasteiger partial charge in [0.15, 0.2) is 0 Å². The van der Waals surface area contributed by atoms with Crippen molar-refractivity contribution in [3.8, 4) is 0 Å². The van der Waals surface area contributed by atoms with Crippen LogP contribution in [-0.2, 0) is 4.79 Å². The van der Waals surface area contributed by atoms with Gasteiger partial charge < -0.3 is 4.90 Å². The lowest BCUT2D eigenvalue weighted by Gasteiger charge is -2.18. The zero-order chi connectivity index (χ0) is 11.6. The number of rotatable bonds is 2. The normalized spacial score (nSPS) is 50.8. The van der Waals surface area contributed by atoms with Crippen LogP contribution in [0.2, 0.25) is 0 Å². The smallest absolute Gasteiger partial charge is 0.226 e. The van der Waals surface area contributed by atoms with E-state index in [-0.39, 0.29) is 0 Å². The highest BCUT2D eigenvalue weighted by molar-refractivity contribution is 6.18. The maximum atomic E-state index is 12.5. The number of halogens is 1. The fourth-order valence-electron chi connectivity index (χ4n) is 5.02. The molecular formula is C14H20ClNO. The fourth-order valence-corrected chi connectivity index (χ4v) is 5.28. The number of likely N-dealkylation sites (tertiary alicyclic amines) is 1. The Bertz CT molecular complexity index is 342. The van der Waals surface area contributed by atoms with E-state index in [1.54, 1.807) is 0 Å². The van der Waals surface area contributed by atoms with Gasteiger partial charge in [0.2, 0.25) is 5.91 Å². The highest BCUT2D eigenvalue weighted by Crippen LogP contribution is 2.69. The highest BCUT2D eigenvalue weighted by Gasteiger charge is 2.68. The van der Waals surface area contributed by atoms with E-state index in [1.165, 1.54) is 19.3 Å². The van der Waals surface area contributed by atoms with Crippen LogP contribution < -0.4 is 0 Å². The van der Waals surface area contributed by atoms with Crippen LogP contribution in [0, 0.1) is 35.5 Å². The quantitative estimate of drug-likeness (QED) is 0.692. The third-order valence-corrected chi connectivity index (χ3v) is 6.27. The van der Waals surface area contributed by atoms with Crippen LogP contribution in [0.4, 0.5) is 0 Å². The second kappa shape index (κ2) is 3.63. The second-order valence-electron chi connectivity index (χ2n) is 6.61. The number of hydrogen-bond acceptors (Lipinski definition) is 1. The van der Waals surface area contributed by atoms with E-state index in [0.717, 1.165) is 43.2 Å². The van der Waals surface area contributed by atoms with Crippen molar-refractivity contribution in [1.29, 1.82) is 0 Å². The van der Waals surface area contributed by atoms with E-state index < -0.39 is 0 Å². The molecule has 5 atom stereocenters. The van der Waals surface area contributed by atoms with Gasteiger partial charge in [-0.3, -0.25) is 4.79 Å². The summed E-state index contributed by atoms with van der Waals surface area (Å²) in [5.41, 5.74) is 0. The van der Waals surface area contributed by atoms with Crippen LogP contribution in [0.5, 0.6) is 0 Å². The first-order chi connectivity index (χ1) is 8.29. The summed E-state index contributed by atoms with van der Waals surface area (Å²) in [5, 5.41) is 0. The zero-order valence-electron chi connectivity index (χ0n) is 10.1. The summed E-state index contributed by atoms with van der Waals surface area (Å²) in [4.78, 5) is 14.6. The van der Waals surface area contributed by atoms with Crippen molar-refractivity contribution < 1.29 is 4.79 Å². The molecule has 2 nitrogen and oxygen atoms in total. The van der Waals surface area contributed by atoms with E-state index in [4.69, 9.17) is 11.6 Å². The van der Waals surface area contributed by atoms with Gasteiger partial charge in [0, 0.05) is 24.9 Å². The number of carbonyl (C=O) groups excluding carboxylic acids is 1. The van der Waals surface area contributed by atoms with Gasteiger partial charge in [0.05, 0.1) is 0 Å². The molecule has 3 heteroatoms. The van der Waals surface area contributed by atoms with Crippen LogP contribution in [-0.4, -0.2) is 29.8 Å². The Labute approximate surface area is 108 Å². The summed E-state index contributed by atoms with van der Waals surface area (Å²) in [6.45, 7) is 1.88. The molecule has 17 heavy (non-hydrogen) atoms. The van der Waals surface area contributed by atoms with Crippen molar-refractivity contribution >= 4 is 17.5 Å². The number of fused-ring (bicyclic) bond motifs is 5. The minimum atomic E-state index is 0.426. The first kappa shape index (κ1) is 10.7. The fraction of sp³-hybridized carbons (Fsp3) is 0.929. The Kier molecular flexibility index (Phi) is 2.28. The number of hydrogen-bond donors (Lipinski definition) is 0. The maximum Gasteiger partial charge on any atom is 0.226 e. The van der Waals surface area contributed by atoms with Crippen molar-refractivity contribution in [2.45, 2.75) is 25.7 Å². The van der Waals surface area contributed by atoms with Crippen molar-refractivity contribution in [3.63, 3.8) is 0 Å². The molecule has 2 bridgehead atoms. The highest BCUT2D eigenvalue weighted by atomic mass is 35.5. The van der Waals surface area contributed by atoms with Crippen LogP contribution in [0.3, 0.4) is 0 Å². The molecule has 1 amide bonds. The third-order valence-electron chi connectivity index (χ3n) is 5.84. The van der Waals surface area contributed by atoms with E-state index >= 15 is 0 Å². The molecule has 1 aliphatic heterocycles. The molecule has 0 N–H and O–H groups in total. The molecular weight excluding hydrogens is 234 g/mol. The van der Waals surface area contributed by atoms with Crippen molar-refractivity contribution in [1.82, 2.24) is 4.90 Å². The Hall–Kier alpha value is -0.240. The lowest BCUT2D eigenvalue weighted by molar-refractivity contribution is -0.132. The summed E-state index contributed by atoms with van der Waals surface area (Å²) >= 11 is 5.89. The summed E-state index contributed by atoms with van der Waals surface area (Å²) in [6.07, 6.45) is 5.35. The number of alkyl halides is 1. The first-order valence-electron chi connectivity index (χ1n) is 7.14. The molecule has 4 rings (SSSR count). The molecule has 94 valence electrons. The Morgan fingerprint density at radius 3 is 2.47 bits per heavy atom. The molecule has 4 fully saturated rings. The molecule has 0 aromatic carbocycles. The average molecular weight is 254 g/mol.